The number of hydrogen-bond donors (Lipinski definition) is 2. The van der Waals surface area contributed by atoms with Crippen LogP contribution in [0.5, 0.6) is 11.5 Å². The van der Waals surface area contributed by atoms with E-state index >= 15 is 0 Å². The number of aromatic nitrogens is 3. The van der Waals surface area contributed by atoms with E-state index in [4.69, 9.17) is 14.6 Å². The lowest BCUT2D eigenvalue weighted by molar-refractivity contribution is -0.106. The molecule has 2 aliphatic heterocycles. The zero-order valence-corrected chi connectivity index (χ0v) is 19.1. The number of nitrogens with one attached hydrogen (secondary N) is 1. The maximum Gasteiger partial charge on any atom is 0.245 e. The summed E-state index contributed by atoms with van der Waals surface area (Å²) in [6.45, 7) is 2.09. The minimum Gasteiger partial charge on any atom is -0.495 e. The summed E-state index contributed by atoms with van der Waals surface area (Å²) >= 11 is 0. The fraction of sp³-hybridized carbons (Fsp3) is 0.308. The smallest absolute Gasteiger partial charge is 0.245 e. The third kappa shape index (κ3) is 3.74. The average Bonchev–Trinajstić information content (AvgIpc) is 3.52. The predicted octanol–water partition coefficient (Wildman–Crippen LogP) is 4.65. The molecule has 4 heterocycles. The first kappa shape index (κ1) is 20.9. The summed E-state index contributed by atoms with van der Waals surface area (Å²) in [6.07, 6.45) is 4.60. The van der Waals surface area contributed by atoms with Crippen LogP contribution in [-0.4, -0.2) is 51.7 Å². The topological polar surface area (TPSA) is 84.2 Å². The SMILES string of the molecule is COc1cc(C2CCN(O)CC2)ccc1Nc1ncc2ccc(-c3cccc4c3OCC4)n2n1. The normalized spacial score (nSPS) is 16.4. The maximum absolute atomic E-state index is 9.66. The third-order valence-electron chi connectivity index (χ3n) is 6.80. The number of nitrogens with zero attached hydrogens (tertiary/aromatic N) is 4. The summed E-state index contributed by atoms with van der Waals surface area (Å²) in [5.41, 5.74) is 6.18. The molecule has 0 unspecified atom stereocenters. The molecular weight excluding hydrogens is 430 g/mol. The number of rotatable bonds is 5. The van der Waals surface area contributed by atoms with Gasteiger partial charge >= 0.3 is 0 Å². The Bertz CT molecular complexity index is 1340. The average molecular weight is 458 g/mol. The third-order valence-corrected chi connectivity index (χ3v) is 6.80. The molecular formula is C26H27N5O3. The lowest BCUT2D eigenvalue weighted by Gasteiger charge is -2.28. The number of para-hydroxylation sites is 1. The van der Waals surface area contributed by atoms with E-state index in [1.807, 2.05) is 22.8 Å². The molecule has 174 valence electrons. The van der Waals surface area contributed by atoms with Crippen LogP contribution in [-0.2, 0) is 6.42 Å². The first-order valence-electron chi connectivity index (χ1n) is 11.7. The van der Waals surface area contributed by atoms with E-state index in [0.29, 0.717) is 31.6 Å². The Morgan fingerprint density at radius 2 is 2.00 bits per heavy atom. The molecule has 2 N–H and O–H groups in total. The first-order chi connectivity index (χ1) is 16.7. The minimum absolute atomic E-state index is 0.413. The monoisotopic (exact) mass is 457 g/mol. The molecule has 1 fully saturated rings. The summed E-state index contributed by atoms with van der Waals surface area (Å²) < 4.78 is 13.5. The number of methoxy groups -OCH3 is 1. The largest absolute Gasteiger partial charge is 0.495 e. The van der Waals surface area contributed by atoms with Crippen molar-refractivity contribution in [3.05, 3.63) is 65.9 Å². The highest BCUT2D eigenvalue weighted by atomic mass is 16.5. The Kier molecular flexibility index (Phi) is 5.31. The molecule has 0 aliphatic carbocycles. The Morgan fingerprint density at radius 1 is 1.12 bits per heavy atom. The van der Waals surface area contributed by atoms with E-state index in [1.165, 1.54) is 16.2 Å². The van der Waals surface area contributed by atoms with Crippen molar-refractivity contribution in [3.8, 4) is 22.8 Å². The number of hydroxylamine groups is 2. The van der Waals surface area contributed by atoms with Crippen LogP contribution in [0.25, 0.3) is 16.8 Å². The number of anilines is 2. The van der Waals surface area contributed by atoms with Gasteiger partial charge in [0.2, 0.25) is 5.95 Å². The number of benzene rings is 2. The van der Waals surface area contributed by atoms with Gasteiger partial charge in [-0.15, -0.1) is 5.10 Å². The van der Waals surface area contributed by atoms with Gasteiger partial charge in [-0.25, -0.2) is 9.50 Å². The molecule has 34 heavy (non-hydrogen) atoms. The lowest BCUT2D eigenvalue weighted by Crippen LogP contribution is -2.29. The molecule has 8 nitrogen and oxygen atoms in total. The number of fused-ring (bicyclic) bond motifs is 2. The molecule has 4 aromatic rings. The van der Waals surface area contributed by atoms with E-state index in [-0.39, 0.29) is 0 Å². The van der Waals surface area contributed by atoms with Gasteiger partial charge in [-0.1, -0.05) is 18.2 Å². The molecule has 1 saturated heterocycles. The number of ether oxygens (including phenoxy) is 2. The Labute approximate surface area is 197 Å². The molecule has 0 amide bonds. The van der Waals surface area contributed by atoms with E-state index in [9.17, 15) is 5.21 Å². The van der Waals surface area contributed by atoms with Gasteiger partial charge in [-0.2, -0.15) is 5.06 Å². The molecule has 8 heteroatoms. The second kappa shape index (κ2) is 8.62. The van der Waals surface area contributed by atoms with Crippen molar-refractivity contribution < 1.29 is 14.7 Å². The predicted molar refractivity (Wildman–Crippen MR) is 129 cm³/mol. The van der Waals surface area contributed by atoms with Crippen LogP contribution >= 0.6 is 0 Å². The highest BCUT2D eigenvalue weighted by molar-refractivity contribution is 5.74. The summed E-state index contributed by atoms with van der Waals surface area (Å²) in [6, 6.07) is 16.5. The lowest BCUT2D eigenvalue weighted by atomic mass is 9.90. The minimum atomic E-state index is 0.413. The zero-order valence-electron chi connectivity index (χ0n) is 19.1. The molecule has 0 atom stereocenters. The van der Waals surface area contributed by atoms with Crippen molar-refractivity contribution in [2.24, 2.45) is 0 Å². The van der Waals surface area contributed by atoms with Crippen LogP contribution in [0.15, 0.2) is 54.7 Å². The zero-order chi connectivity index (χ0) is 23.1. The van der Waals surface area contributed by atoms with E-state index in [1.54, 1.807) is 7.11 Å². The van der Waals surface area contributed by atoms with Crippen molar-refractivity contribution >= 4 is 17.2 Å². The highest BCUT2D eigenvalue weighted by Crippen LogP contribution is 2.38. The van der Waals surface area contributed by atoms with Crippen molar-refractivity contribution in [3.63, 3.8) is 0 Å². The number of piperidine rings is 1. The van der Waals surface area contributed by atoms with Crippen LogP contribution in [0, 0.1) is 0 Å². The second-order valence-electron chi connectivity index (χ2n) is 8.84. The van der Waals surface area contributed by atoms with Gasteiger partial charge in [-0.3, -0.25) is 0 Å². The Morgan fingerprint density at radius 3 is 2.85 bits per heavy atom. The van der Waals surface area contributed by atoms with Crippen LogP contribution in [0.3, 0.4) is 0 Å². The van der Waals surface area contributed by atoms with E-state index < -0.39 is 0 Å². The Hall–Kier alpha value is -3.62. The Balaban J connectivity index is 1.31. The summed E-state index contributed by atoms with van der Waals surface area (Å²) in [7, 11) is 1.67. The molecule has 0 bridgehead atoms. The molecule has 0 radical (unpaired) electrons. The second-order valence-corrected chi connectivity index (χ2v) is 8.84. The standard InChI is InChI=1S/C26H27N5O3/c1-33-24-15-19(17-9-12-30(32)13-10-17)5-7-22(24)28-26-27-16-20-6-8-23(31(20)29-26)21-4-2-3-18-11-14-34-25(18)21/h2-8,15-17,32H,9-14H2,1H3,(H,28,29). The van der Waals surface area contributed by atoms with Crippen LogP contribution in [0.4, 0.5) is 11.6 Å². The quantitative estimate of drug-likeness (QED) is 0.451. The number of hydrogen-bond acceptors (Lipinski definition) is 7. The molecule has 0 spiro atoms. The van der Waals surface area contributed by atoms with Crippen LogP contribution < -0.4 is 14.8 Å². The fourth-order valence-corrected chi connectivity index (χ4v) is 4.96. The van der Waals surface area contributed by atoms with Gasteiger partial charge in [0.15, 0.2) is 0 Å². The van der Waals surface area contributed by atoms with Crippen molar-refractivity contribution in [1.29, 1.82) is 0 Å². The molecule has 2 aromatic carbocycles. The maximum atomic E-state index is 9.66. The molecule has 2 aliphatic rings. The molecule has 0 saturated carbocycles. The van der Waals surface area contributed by atoms with Crippen molar-refractivity contribution in [2.45, 2.75) is 25.2 Å². The van der Waals surface area contributed by atoms with Crippen LogP contribution in [0.1, 0.15) is 29.9 Å². The summed E-state index contributed by atoms with van der Waals surface area (Å²) in [4.78, 5) is 4.51. The van der Waals surface area contributed by atoms with Crippen molar-refractivity contribution in [2.75, 3.05) is 32.1 Å². The summed E-state index contributed by atoms with van der Waals surface area (Å²) in [5, 5.41) is 19.2. The van der Waals surface area contributed by atoms with Gasteiger partial charge in [0.05, 0.1) is 36.8 Å². The van der Waals surface area contributed by atoms with Gasteiger partial charge in [-0.05, 0) is 60.2 Å². The van der Waals surface area contributed by atoms with Crippen molar-refractivity contribution in [1.82, 2.24) is 19.7 Å². The first-order valence-corrected chi connectivity index (χ1v) is 11.7. The van der Waals surface area contributed by atoms with Gasteiger partial charge in [0.25, 0.3) is 0 Å². The molecule has 6 rings (SSSR count). The summed E-state index contributed by atoms with van der Waals surface area (Å²) in [5.74, 6) is 2.59. The fourth-order valence-electron chi connectivity index (χ4n) is 4.96. The van der Waals surface area contributed by atoms with Gasteiger partial charge in [0.1, 0.15) is 11.5 Å². The van der Waals surface area contributed by atoms with Gasteiger partial charge in [0, 0.05) is 25.1 Å². The molecule has 2 aromatic heterocycles. The van der Waals surface area contributed by atoms with E-state index in [0.717, 1.165) is 53.2 Å². The van der Waals surface area contributed by atoms with Gasteiger partial charge < -0.3 is 20.0 Å². The van der Waals surface area contributed by atoms with E-state index in [2.05, 4.69) is 46.7 Å². The highest BCUT2D eigenvalue weighted by Gasteiger charge is 2.22. The van der Waals surface area contributed by atoms with Crippen LogP contribution in [0.2, 0.25) is 0 Å².